The zero-order valence-electron chi connectivity index (χ0n) is 7.25. The van der Waals surface area contributed by atoms with Gasteiger partial charge in [0.25, 0.3) is 0 Å². The third kappa shape index (κ3) is 2.06. The molecule has 0 aromatic carbocycles. The Balaban J connectivity index is 2.44. The van der Waals surface area contributed by atoms with E-state index in [4.69, 9.17) is 5.11 Å². The van der Waals surface area contributed by atoms with Gasteiger partial charge in [0, 0.05) is 12.8 Å². The molecule has 0 heterocycles. The molecule has 3 nitrogen and oxygen atoms in total. The molecule has 1 N–H and O–H groups in total. The third-order valence-electron chi connectivity index (χ3n) is 2.68. The fourth-order valence-corrected chi connectivity index (χ4v) is 1.66. The summed E-state index contributed by atoms with van der Waals surface area (Å²) >= 11 is 0. The average molecular weight is 170 g/mol. The molecule has 1 rings (SSSR count). The van der Waals surface area contributed by atoms with Gasteiger partial charge in [-0.2, -0.15) is 0 Å². The summed E-state index contributed by atoms with van der Waals surface area (Å²) in [6, 6.07) is 0. The summed E-state index contributed by atoms with van der Waals surface area (Å²) in [4.78, 5) is 21.4. The van der Waals surface area contributed by atoms with Crippen molar-refractivity contribution in [2.45, 2.75) is 32.6 Å². The lowest BCUT2D eigenvalue weighted by atomic mass is 9.80. The van der Waals surface area contributed by atoms with Gasteiger partial charge in [-0.3, -0.25) is 9.59 Å². The van der Waals surface area contributed by atoms with Crippen LogP contribution in [0.4, 0.5) is 0 Å². The molecular weight excluding hydrogens is 156 g/mol. The minimum Gasteiger partial charge on any atom is -0.481 e. The van der Waals surface area contributed by atoms with Crippen molar-refractivity contribution < 1.29 is 14.7 Å². The lowest BCUT2D eigenvalue weighted by Gasteiger charge is -2.23. The number of carboxylic acid groups (broad SMARTS) is 1. The van der Waals surface area contributed by atoms with Crippen LogP contribution in [0.25, 0.3) is 0 Å². The second-order valence-corrected chi connectivity index (χ2v) is 3.50. The molecule has 0 aliphatic heterocycles. The van der Waals surface area contributed by atoms with Gasteiger partial charge < -0.3 is 5.11 Å². The van der Waals surface area contributed by atoms with Crippen molar-refractivity contribution in [1.82, 2.24) is 0 Å². The Bertz CT molecular complexity index is 188. The summed E-state index contributed by atoms with van der Waals surface area (Å²) in [5.74, 6) is -0.545. The Kier molecular flexibility index (Phi) is 2.84. The van der Waals surface area contributed by atoms with Crippen LogP contribution in [0.1, 0.15) is 32.6 Å². The first-order chi connectivity index (χ1) is 5.61. The number of carbonyl (C=O) groups excluding carboxylic acids is 1. The third-order valence-corrected chi connectivity index (χ3v) is 2.68. The summed E-state index contributed by atoms with van der Waals surface area (Å²) in [6.45, 7) is 1.72. The highest BCUT2D eigenvalue weighted by atomic mass is 16.4. The number of hydrogen-bond donors (Lipinski definition) is 1. The van der Waals surface area contributed by atoms with Crippen molar-refractivity contribution >= 4 is 11.8 Å². The molecule has 1 aliphatic carbocycles. The fraction of sp³-hybridized carbons (Fsp3) is 0.778. The van der Waals surface area contributed by atoms with E-state index in [0.717, 1.165) is 12.8 Å². The summed E-state index contributed by atoms with van der Waals surface area (Å²) in [5, 5.41) is 8.72. The highest BCUT2D eigenvalue weighted by Crippen LogP contribution is 2.28. The quantitative estimate of drug-likeness (QED) is 0.682. The van der Waals surface area contributed by atoms with E-state index in [1.165, 1.54) is 0 Å². The molecule has 0 bridgehead atoms. The number of Topliss-reactive ketones (excluding diaryl/α,β-unsaturated/α-hetero) is 1. The highest BCUT2D eigenvalue weighted by Gasteiger charge is 2.27. The molecular formula is C9H14O3. The van der Waals surface area contributed by atoms with Crippen molar-refractivity contribution in [1.29, 1.82) is 0 Å². The number of aliphatic carboxylic acids is 1. The van der Waals surface area contributed by atoms with Crippen LogP contribution >= 0.6 is 0 Å². The fourth-order valence-electron chi connectivity index (χ4n) is 1.66. The average Bonchev–Trinajstić information content (AvgIpc) is 2.04. The van der Waals surface area contributed by atoms with Crippen molar-refractivity contribution in [2.75, 3.05) is 0 Å². The van der Waals surface area contributed by atoms with Crippen LogP contribution in [0.2, 0.25) is 0 Å². The first-order valence-electron chi connectivity index (χ1n) is 4.35. The van der Waals surface area contributed by atoms with Crippen molar-refractivity contribution in [2.24, 2.45) is 11.8 Å². The van der Waals surface area contributed by atoms with Crippen LogP contribution in [0.5, 0.6) is 0 Å². The van der Waals surface area contributed by atoms with Gasteiger partial charge >= 0.3 is 5.97 Å². The van der Waals surface area contributed by atoms with Gasteiger partial charge in [-0.05, 0) is 18.8 Å². The number of rotatable bonds is 2. The largest absolute Gasteiger partial charge is 0.481 e. The highest BCUT2D eigenvalue weighted by molar-refractivity contribution is 5.79. The van der Waals surface area contributed by atoms with Crippen LogP contribution in [0.15, 0.2) is 0 Å². The molecule has 0 saturated heterocycles. The second kappa shape index (κ2) is 3.70. The molecule has 1 atom stereocenters. The summed E-state index contributed by atoms with van der Waals surface area (Å²) in [6.07, 6.45) is 2.66. The molecule has 68 valence electrons. The van der Waals surface area contributed by atoms with E-state index in [2.05, 4.69) is 0 Å². The maximum Gasteiger partial charge on any atom is 0.306 e. The van der Waals surface area contributed by atoms with E-state index < -0.39 is 5.97 Å². The van der Waals surface area contributed by atoms with Crippen molar-refractivity contribution in [3.8, 4) is 0 Å². The second-order valence-electron chi connectivity index (χ2n) is 3.50. The number of carboxylic acids is 1. The number of hydrogen-bond acceptors (Lipinski definition) is 2. The van der Waals surface area contributed by atoms with Crippen LogP contribution < -0.4 is 0 Å². The van der Waals surface area contributed by atoms with Crippen LogP contribution in [-0.4, -0.2) is 16.9 Å². The molecule has 3 heteroatoms. The Hall–Kier alpha value is -0.860. The van der Waals surface area contributed by atoms with Crippen LogP contribution in [-0.2, 0) is 9.59 Å². The maximum atomic E-state index is 10.9. The molecule has 1 unspecified atom stereocenters. The van der Waals surface area contributed by atoms with Gasteiger partial charge in [-0.25, -0.2) is 0 Å². The zero-order chi connectivity index (χ0) is 9.14. The van der Waals surface area contributed by atoms with E-state index in [-0.39, 0.29) is 17.6 Å². The van der Waals surface area contributed by atoms with E-state index in [0.29, 0.717) is 12.8 Å². The Morgan fingerprint density at radius 1 is 1.50 bits per heavy atom. The normalized spacial score (nSPS) is 22.2. The lowest BCUT2D eigenvalue weighted by molar-refractivity contribution is -0.144. The van der Waals surface area contributed by atoms with Gasteiger partial charge in [0.2, 0.25) is 0 Å². The predicted octanol–water partition coefficient (Wildman–Crippen LogP) is 1.47. The van der Waals surface area contributed by atoms with Crippen LogP contribution in [0, 0.1) is 11.8 Å². The Labute approximate surface area is 71.8 Å². The molecule has 0 amide bonds. The summed E-state index contributed by atoms with van der Waals surface area (Å²) < 4.78 is 0. The molecule has 0 spiro atoms. The van der Waals surface area contributed by atoms with Crippen molar-refractivity contribution in [3.63, 3.8) is 0 Å². The van der Waals surface area contributed by atoms with E-state index in [1.807, 2.05) is 0 Å². The Morgan fingerprint density at radius 3 is 2.42 bits per heavy atom. The summed E-state index contributed by atoms with van der Waals surface area (Å²) in [7, 11) is 0. The molecule has 0 aromatic rings. The summed E-state index contributed by atoms with van der Waals surface area (Å²) in [5.41, 5.74) is 0. The molecule has 1 fully saturated rings. The van der Waals surface area contributed by atoms with Crippen molar-refractivity contribution in [3.05, 3.63) is 0 Å². The molecule has 0 aromatic heterocycles. The first kappa shape index (κ1) is 9.23. The number of ketones is 1. The maximum absolute atomic E-state index is 10.9. The van der Waals surface area contributed by atoms with Gasteiger partial charge in [-0.1, -0.05) is 6.92 Å². The standard InChI is InChI=1S/C9H14O3/c1-6(9(11)12)7-2-4-8(10)5-3-7/h6-7H,2-5H2,1H3,(H,11,12). The van der Waals surface area contributed by atoms with Gasteiger partial charge in [-0.15, -0.1) is 0 Å². The first-order valence-corrected chi connectivity index (χ1v) is 4.35. The molecule has 12 heavy (non-hydrogen) atoms. The minimum atomic E-state index is -0.741. The SMILES string of the molecule is CC(C(=O)O)C1CCC(=O)CC1. The van der Waals surface area contributed by atoms with E-state index in [1.54, 1.807) is 6.92 Å². The van der Waals surface area contributed by atoms with E-state index in [9.17, 15) is 9.59 Å². The lowest BCUT2D eigenvalue weighted by Crippen LogP contribution is -2.25. The number of carbonyl (C=O) groups is 2. The molecule has 1 saturated carbocycles. The van der Waals surface area contributed by atoms with Gasteiger partial charge in [0.1, 0.15) is 5.78 Å². The predicted molar refractivity (Wildman–Crippen MR) is 43.8 cm³/mol. The molecule has 1 aliphatic rings. The smallest absolute Gasteiger partial charge is 0.306 e. The van der Waals surface area contributed by atoms with Crippen LogP contribution in [0.3, 0.4) is 0 Å². The van der Waals surface area contributed by atoms with Gasteiger partial charge in [0.15, 0.2) is 0 Å². The molecule has 0 radical (unpaired) electrons. The van der Waals surface area contributed by atoms with Gasteiger partial charge in [0.05, 0.1) is 5.92 Å². The topological polar surface area (TPSA) is 54.4 Å². The minimum absolute atomic E-state index is 0.209. The monoisotopic (exact) mass is 170 g/mol. The zero-order valence-corrected chi connectivity index (χ0v) is 7.25. The Morgan fingerprint density at radius 2 is 2.00 bits per heavy atom. The van der Waals surface area contributed by atoms with E-state index >= 15 is 0 Å².